The predicted octanol–water partition coefficient (Wildman–Crippen LogP) is 5.09. The summed E-state index contributed by atoms with van der Waals surface area (Å²) in [6.45, 7) is 0. The molecular weight excluding hydrogens is 383 g/mol. The molecule has 0 saturated heterocycles. The number of para-hydroxylation sites is 1. The second-order valence-corrected chi connectivity index (χ2v) is 7.27. The zero-order chi connectivity index (χ0) is 20.7. The third-order valence-corrected chi connectivity index (χ3v) is 5.57. The monoisotopic (exact) mass is 404 g/mol. The number of hydrogen-bond acceptors (Lipinski definition) is 5. The van der Waals surface area contributed by atoms with Crippen LogP contribution in [0.25, 0.3) is 0 Å². The standard InChI is InChI=1S/C24H21FN2O3/c1-28-17-11-12-18(23(13-17)29-2)20-14-21-19-5-3-4-6-22(19)30-24(27(21)26-20)15-7-9-16(25)10-8-15/h3-13,21,24H,14H2,1-2H3/t21-,24-/m1/s1. The van der Waals surface area contributed by atoms with Gasteiger partial charge in [0, 0.05) is 29.2 Å². The van der Waals surface area contributed by atoms with Gasteiger partial charge >= 0.3 is 0 Å². The Balaban J connectivity index is 1.59. The molecule has 0 amide bonds. The summed E-state index contributed by atoms with van der Waals surface area (Å²) in [5.41, 5.74) is 3.76. The van der Waals surface area contributed by atoms with Crippen LogP contribution in [0.4, 0.5) is 4.39 Å². The molecule has 5 rings (SSSR count). The van der Waals surface area contributed by atoms with Crippen molar-refractivity contribution in [1.29, 1.82) is 0 Å². The Kier molecular flexibility index (Phi) is 4.54. The highest BCUT2D eigenvalue weighted by atomic mass is 19.1. The lowest BCUT2D eigenvalue weighted by molar-refractivity contribution is -0.0190. The molecule has 2 aliphatic rings. The van der Waals surface area contributed by atoms with Gasteiger partial charge in [-0.05, 0) is 30.3 Å². The average molecular weight is 404 g/mol. The summed E-state index contributed by atoms with van der Waals surface area (Å²) in [4.78, 5) is 0. The third-order valence-electron chi connectivity index (χ3n) is 5.57. The maximum absolute atomic E-state index is 13.5. The molecule has 3 aromatic carbocycles. The maximum Gasteiger partial charge on any atom is 0.213 e. The predicted molar refractivity (Wildman–Crippen MR) is 111 cm³/mol. The highest BCUT2D eigenvalue weighted by molar-refractivity contribution is 6.04. The number of hydrazone groups is 1. The van der Waals surface area contributed by atoms with E-state index in [1.165, 1.54) is 12.1 Å². The summed E-state index contributed by atoms with van der Waals surface area (Å²) in [5.74, 6) is 1.98. The first-order chi connectivity index (χ1) is 14.7. The zero-order valence-electron chi connectivity index (χ0n) is 16.7. The van der Waals surface area contributed by atoms with Gasteiger partial charge in [0.2, 0.25) is 6.23 Å². The summed E-state index contributed by atoms with van der Waals surface area (Å²) in [5, 5.41) is 6.90. The van der Waals surface area contributed by atoms with Crippen LogP contribution >= 0.6 is 0 Å². The van der Waals surface area contributed by atoms with Crippen molar-refractivity contribution >= 4 is 5.71 Å². The van der Waals surface area contributed by atoms with Crippen molar-refractivity contribution in [1.82, 2.24) is 5.01 Å². The van der Waals surface area contributed by atoms with E-state index in [9.17, 15) is 4.39 Å². The second-order valence-electron chi connectivity index (χ2n) is 7.27. The van der Waals surface area contributed by atoms with Gasteiger partial charge in [-0.1, -0.05) is 30.3 Å². The molecule has 6 heteroatoms. The van der Waals surface area contributed by atoms with Gasteiger partial charge < -0.3 is 14.2 Å². The smallest absolute Gasteiger partial charge is 0.213 e. The Morgan fingerprint density at radius 3 is 2.57 bits per heavy atom. The van der Waals surface area contributed by atoms with E-state index >= 15 is 0 Å². The van der Waals surface area contributed by atoms with Crippen LogP contribution in [0.5, 0.6) is 17.2 Å². The molecule has 0 N–H and O–H groups in total. The molecule has 3 aromatic rings. The van der Waals surface area contributed by atoms with E-state index in [-0.39, 0.29) is 11.9 Å². The highest BCUT2D eigenvalue weighted by Gasteiger charge is 2.41. The third kappa shape index (κ3) is 3.05. The largest absolute Gasteiger partial charge is 0.497 e. The van der Waals surface area contributed by atoms with Crippen molar-refractivity contribution in [3.05, 3.63) is 89.2 Å². The quantitative estimate of drug-likeness (QED) is 0.608. The highest BCUT2D eigenvalue weighted by Crippen LogP contribution is 2.48. The lowest BCUT2D eigenvalue weighted by atomic mass is 9.95. The minimum absolute atomic E-state index is 0.0202. The van der Waals surface area contributed by atoms with E-state index in [2.05, 4.69) is 6.07 Å². The van der Waals surface area contributed by atoms with Crippen molar-refractivity contribution < 1.29 is 18.6 Å². The Morgan fingerprint density at radius 2 is 1.80 bits per heavy atom. The fourth-order valence-corrected chi connectivity index (χ4v) is 4.08. The fourth-order valence-electron chi connectivity index (χ4n) is 4.08. The number of rotatable bonds is 4. The molecule has 2 atom stereocenters. The number of fused-ring (bicyclic) bond motifs is 3. The summed E-state index contributed by atoms with van der Waals surface area (Å²) < 4.78 is 30.7. The van der Waals surface area contributed by atoms with Gasteiger partial charge in [0.15, 0.2) is 0 Å². The first-order valence-corrected chi connectivity index (χ1v) is 9.77. The molecule has 0 aromatic heterocycles. The number of halogens is 1. The van der Waals surface area contributed by atoms with Crippen LogP contribution in [-0.2, 0) is 0 Å². The molecule has 0 unspecified atom stereocenters. The molecule has 152 valence electrons. The number of hydrogen-bond donors (Lipinski definition) is 0. The molecule has 5 nitrogen and oxygen atoms in total. The normalized spacial score (nSPS) is 19.4. The molecule has 0 saturated carbocycles. The number of benzene rings is 3. The number of ether oxygens (including phenoxy) is 3. The lowest BCUT2D eigenvalue weighted by Crippen LogP contribution is -2.33. The van der Waals surface area contributed by atoms with Crippen molar-refractivity contribution in [2.75, 3.05) is 14.2 Å². The van der Waals surface area contributed by atoms with Crippen molar-refractivity contribution in [3.63, 3.8) is 0 Å². The van der Waals surface area contributed by atoms with Crippen molar-refractivity contribution in [3.8, 4) is 17.2 Å². The van der Waals surface area contributed by atoms with Crippen LogP contribution < -0.4 is 14.2 Å². The Bertz CT molecular complexity index is 1110. The van der Waals surface area contributed by atoms with Crippen LogP contribution in [0.1, 0.15) is 35.4 Å². The SMILES string of the molecule is COc1ccc(C2=NN3[C@H](C2)c2ccccc2O[C@@H]3c2ccc(F)cc2)c(OC)c1. The molecule has 0 bridgehead atoms. The summed E-state index contributed by atoms with van der Waals surface area (Å²) in [6.07, 6.45) is 0.271. The van der Waals surface area contributed by atoms with Gasteiger partial charge in [-0.25, -0.2) is 9.40 Å². The summed E-state index contributed by atoms with van der Waals surface area (Å²) in [7, 11) is 3.27. The Labute approximate surface area is 174 Å². The van der Waals surface area contributed by atoms with Gasteiger partial charge in [-0.3, -0.25) is 0 Å². The van der Waals surface area contributed by atoms with Crippen LogP contribution in [0.2, 0.25) is 0 Å². The minimum Gasteiger partial charge on any atom is -0.497 e. The molecule has 30 heavy (non-hydrogen) atoms. The van der Waals surface area contributed by atoms with E-state index in [0.717, 1.165) is 33.9 Å². The Hall–Kier alpha value is -3.54. The molecule has 2 heterocycles. The van der Waals surface area contributed by atoms with E-state index in [1.807, 2.05) is 41.4 Å². The molecule has 0 fully saturated rings. The topological polar surface area (TPSA) is 43.3 Å². The average Bonchev–Trinajstić information content (AvgIpc) is 3.24. The van der Waals surface area contributed by atoms with E-state index in [0.29, 0.717) is 12.2 Å². The first kappa shape index (κ1) is 18.5. The summed E-state index contributed by atoms with van der Waals surface area (Å²) >= 11 is 0. The van der Waals surface area contributed by atoms with Gasteiger partial charge in [0.05, 0.1) is 26.0 Å². The van der Waals surface area contributed by atoms with Gasteiger partial charge in [0.25, 0.3) is 0 Å². The number of nitrogens with zero attached hydrogens (tertiary/aromatic N) is 2. The van der Waals surface area contributed by atoms with Crippen LogP contribution in [0.15, 0.2) is 71.8 Å². The Morgan fingerprint density at radius 1 is 1.00 bits per heavy atom. The van der Waals surface area contributed by atoms with Gasteiger partial charge in [-0.15, -0.1) is 0 Å². The maximum atomic E-state index is 13.5. The summed E-state index contributed by atoms with van der Waals surface area (Å²) in [6, 6.07) is 20.1. The van der Waals surface area contributed by atoms with Gasteiger partial charge in [-0.2, -0.15) is 5.10 Å². The molecule has 2 aliphatic heterocycles. The van der Waals surface area contributed by atoms with E-state index in [4.69, 9.17) is 19.3 Å². The fraction of sp³-hybridized carbons (Fsp3) is 0.208. The first-order valence-electron chi connectivity index (χ1n) is 9.77. The zero-order valence-corrected chi connectivity index (χ0v) is 16.7. The molecular formula is C24H21FN2O3. The van der Waals surface area contributed by atoms with Crippen LogP contribution in [-0.4, -0.2) is 24.9 Å². The minimum atomic E-state index is -0.438. The number of methoxy groups -OCH3 is 2. The van der Waals surface area contributed by atoms with Crippen molar-refractivity contribution in [2.24, 2.45) is 5.10 Å². The van der Waals surface area contributed by atoms with E-state index in [1.54, 1.807) is 26.4 Å². The van der Waals surface area contributed by atoms with Crippen LogP contribution in [0, 0.1) is 5.82 Å². The van der Waals surface area contributed by atoms with Crippen LogP contribution in [0.3, 0.4) is 0 Å². The molecule has 0 spiro atoms. The van der Waals surface area contributed by atoms with Crippen molar-refractivity contribution in [2.45, 2.75) is 18.7 Å². The molecule has 0 radical (unpaired) electrons. The van der Waals surface area contributed by atoms with Gasteiger partial charge in [0.1, 0.15) is 23.1 Å². The molecule has 0 aliphatic carbocycles. The second kappa shape index (κ2) is 7.37. The lowest BCUT2D eigenvalue weighted by Gasteiger charge is -2.38. The van der Waals surface area contributed by atoms with E-state index < -0.39 is 6.23 Å².